The number of ketones is 1. The fraction of sp³-hybridized carbons (Fsp3) is 0.558. The molecule has 1 amide bonds. The minimum absolute atomic E-state index is 0.0565. The van der Waals surface area contributed by atoms with Crippen molar-refractivity contribution in [2.24, 2.45) is 23.7 Å². The quantitative estimate of drug-likeness (QED) is 0.143. The number of nitrogens with zero attached hydrogens (tertiary/aromatic N) is 2. The van der Waals surface area contributed by atoms with E-state index in [1.165, 1.54) is 46.3 Å². The highest BCUT2D eigenvalue weighted by molar-refractivity contribution is 6.22. The van der Waals surface area contributed by atoms with Crippen LogP contribution < -0.4 is 10.1 Å². The number of carbonyl (C=O) groups excluding carboxylic acids is 3. The van der Waals surface area contributed by atoms with Gasteiger partial charge in [-0.3, -0.25) is 19.3 Å². The van der Waals surface area contributed by atoms with Gasteiger partial charge in [-0.1, -0.05) is 45.9 Å². The molecule has 15 heteroatoms. The first kappa shape index (κ1) is 44.4. The minimum Gasteiger partial charge on any atom is -0.507 e. The molecule has 15 nitrogen and oxygen atoms in total. The Morgan fingerprint density at radius 3 is 2.21 bits per heavy atom. The van der Waals surface area contributed by atoms with Crippen LogP contribution in [0.5, 0.6) is 23.0 Å². The van der Waals surface area contributed by atoms with Gasteiger partial charge in [-0.15, -0.1) is 0 Å². The summed E-state index contributed by atoms with van der Waals surface area (Å²) in [7, 11) is 3.44. The van der Waals surface area contributed by atoms with E-state index in [4.69, 9.17) is 18.9 Å². The smallest absolute Gasteiger partial charge is 0.312 e. The molecule has 4 heterocycles. The SMILES string of the molecule is CO[C@@H]1C=CO[C@@]2(C)Oc3c(C)c(O)c4c(O)c(c(CN5CCN(C)CC5)c(O)c4c3C2=O)NC(=O)C(C)=CC=C[C@H](C)[C@H](O)[C@H](C)[C@H](O)[C@H](C)[C@@H](OC(C)=O)[C@H]1C. The van der Waals surface area contributed by atoms with Crippen molar-refractivity contribution >= 4 is 34.1 Å². The van der Waals surface area contributed by atoms with Gasteiger partial charge in [0.05, 0.1) is 41.2 Å². The third kappa shape index (κ3) is 8.55. The maximum Gasteiger partial charge on any atom is 0.312 e. The monoisotopic (exact) mass is 809 g/mol. The zero-order valence-corrected chi connectivity index (χ0v) is 35.0. The van der Waals surface area contributed by atoms with Crippen molar-refractivity contribution in [2.75, 3.05) is 45.7 Å². The molecule has 1 saturated heterocycles. The Bertz CT molecular complexity index is 2000. The van der Waals surface area contributed by atoms with Gasteiger partial charge < -0.3 is 54.7 Å². The lowest BCUT2D eigenvalue weighted by molar-refractivity contribution is -0.160. The number of aromatic hydroxyl groups is 3. The Morgan fingerprint density at radius 1 is 0.931 bits per heavy atom. The number of amides is 1. The van der Waals surface area contributed by atoms with E-state index in [2.05, 4.69) is 10.2 Å². The molecule has 0 aliphatic carbocycles. The number of benzene rings is 2. The second-order valence-electron chi connectivity index (χ2n) is 16.3. The number of methoxy groups -OCH3 is 1. The lowest BCUT2D eigenvalue weighted by atomic mass is 9.78. The van der Waals surface area contributed by atoms with E-state index < -0.39 is 88.8 Å². The van der Waals surface area contributed by atoms with Gasteiger partial charge >= 0.3 is 11.8 Å². The van der Waals surface area contributed by atoms with Crippen molar-refractivity contribution in [3.05, 3.63) is 52.8 Å². The topological polar surface area (TPSA) is 208 Å². The van der Waals surface area contributed by atoms with Crippen LogP contribution in [-0.4, -0.2) is 124 Å². The number of aliphatic hydroxyl groups excluding tert-OH is 2. The van der Waals surface area contributed by atoms with Gasteiger partial charge in [0.15, 0.2) is 5.75 Å². The molecule has 4 aliphatic heterocycles. The van der Waals surface area contributed by atoms with Crippen LogP contribution in [0.2, 0.25) is 0 Å². The van der Waals surface area contributed by atoms with E-state index in [-0.39, 0.29) is 51.0 Å². The number of phenols is 3. The summed E-state index contributed by atoms with van der Waals surface area (Å²) in [6.45, 7) is 15.4. The summed E-state index contributed by atoms with van der Waals surface area (Å²) in [4.78, 5) is 44.7. The number of fused-ring (bicyclic) bond motifs is 14. The third-order valence-electron chi connectivity index (χ3n) is 12.1. The van der Waals surface area contributed by atoms with Crippen LogP contribution in [0.25, 0.3) is 10.8 Å². The van der Waals surface area contributed by atoms with Gasteiger partial charge in [0, 0.05) is 99.4 Å². The van der Waals surface area contributed by atoms with E-state index in [0.29, 0.717) is 13.1 Å². The van der Waals surface area contributed by atoms with Crippen molar-refractivity contribution in [3.8, 4) is 23.0 Å². The summed E-state index contributed by atoms with van der Waals surface area (Å²) in [6, 6.07) is 0. The molecule has 0 unspecified atom stereocenters. The fourth-order valence-corrected chi connectivity index (χ4v) is 8.17. The molecule has 0 spiro atoms. The molecule has 6 rings (SSSR count). The summed E-state index contributed by atoms with van der Waals surface area (Å²) in [6.07, 6.45) is 3.73. The Labute approximate surface area is 339 Å². The van der Waals surface area contributed by atoms with Crippen LogP contribution in [0.4, 0.5) is 5.69 Å². The molecular weight excluding hydrogens is 750 g/mol. The number of carbonyl (C=O) groups is 3. The van der Waals surface area contributed by atoms with Gasteiger partial charge in [0.1, 0.15) is 23.4 Å². The molecule has 2 aromatic rings. The Morgan fingerprint density at radius 2 is 1.59 bits per heavy atom. The standard InChI is InChI=1S/C43H59N3O12/c1-21-12-11-13-22(2)42(54)44-33-28(20-46-17-15-45(9)16-18-46)37(51)30-31(38(33)52)36(50)26(6)40-32(30)41(53)43(8,58-40)56-19-14-29(55-10)23(3)39(57-27(7)47)25(5)35(49)24(4)34(21)48/h11-14,19,21,23-25,29,34-35,39,48-52H,15-18,20H2,1-10H3,(H,44,54)/t21-,23-,24-,25-,29+,34-,35-,39-,43-/m0/s1. The van der Waals surface area contributed by atoms with E-state index in [1.807, 2.05) is 11.9 Å². The van der Waals surface area contributed by atoms with Crippen molar-refractivity contribution in [1.29, 1.82) is 0 Å². The van der Waals surface area contributed by atoms with Crippen molar-refractivity contribution in [1.82, 2.24) is 9.80 Å². The van der Waals surface area contributed by atoms with Gasteiger partial charge in [-0.25, -0.2) is 0 Å². The maximum atomic E-state index is 14.4. The second kappa shape index (κ2) is 17.7. The summed E-state index contributed by atoms with van der Waals surface area (Å²) in [5.74, 6) is -7.86. The second-order valence-corrected chi connectivity index (χ2v) is 16.3. The predicted octanol–water partition coefficient (Wildman–Crippen LogP) is 4.50. The summed E-state index contributed by atoms with van der Waals surface area (Å²) in [5.41, 5.74) is 0.176. The third-order valence-corrected chi connectivity index (χ3v) is 12.1. The first-order valence-electron chi connectivity index (χ1n) is 19.7. The largest absolute Gasteiger partial charge is 0.507 e. The predicted molar refractivity (Wildman–Crippen MR) is 217 cm³/mol. The fourth-order valence-electron chi connectivity index (χ4n) is 8.17. The molecular formula is C43H59N3O12. The van der Waals surface area contributed by atoms with E-state index in [9.17, 15) is 39.9 Å². The number of rotatable bonds is 4. The van der Waals surface area contributed by atoms with Crippen LogP contribution in [-0.2, 0) is 30.3 Å². The first-order valence-corrected chi connectivity index (χ1v) is 19.7. The highest BCUT2D eigenvalue weighted by atomic mass is 16.7. The molecule has 0 radical (unpaired) electrons. The van der Waals surface area contributed by atoms with Crippen molar-refractivity contribution < 1.29 is 58.9 Å². The summed E-state index contributed by atoms with van der Waals surface area (Å²) < 4.78 is 23.7. The van der Waals surface area contributed by atoms with Crippen LogP contribution >= 0.6 is 0 Å². The normalized spacial score (nSPS) is 30.6. The van der Waals surface area contributed by atoms with Gasteiger partial charge in [-0.2, -0.15) is 0 Å². The highest BCUT2D eigenvalue weighted by Crippen LogP contribution is 2.55. The Balaban J connectivity index is 1.70. The molecule has 0 aromatic heterocycles. The average Bonchev–Trinajstić information content (AvgIpc) is 3.45. The number of anilines is 1. The number of Topliss-reactive ketones (excluding diaryl/α,β-unsaturated/α-hetero) is 1. The Hall–Kier alpha value is -4.67. The van der Waals surface area contributed by atoms with Gasteiger partial charge in [-0.05, 0) is 27.0 Å². The van der Waals surface area contributed by atoms with E-state index in [0.717, 1.165) is 13.1 Å². The number of phenolic OH excluding ortho intramolecular Hbond substituents is 3. The number of hydrogen-bond donors (Lipinski definition) is 6. The van der Waals surface area contributed by atoms with E-state index in [1.54, 1.807) is 46.8 Å². The van der Waals surface area contributed by atoms with Crippen LogP contribution in [0.15, 0.2) is 36.1 Å². The zero-order valence-electron chi connectivity index (χ0n) is 35.0. The molecule has 4 aliphatic rings. The molecule has 5 bridgehead atoms. The number of ether oxygens (including phenoxy) is 4. The maximum absolute atomic E-state index is 14.4. The van der Waals surface area contributed by atoms with E-state index >= 15 is 0 Å². The number of likely N-dealkylation sites (N-methyl/N-ethyl adjacent to an activating group) is 1. The lowest BCUT2D eigenvalue weighted by Crippen LogP contribution is -2.46. The van der Waals surface area contributed by atoms with Crippen LogP contribution in [0.1, 0.15) is 70.0 Å². The average molecular weight is 810 g/mol. The first-order chi connectivity index (χ1) is 27.2. The number of aliphatic hydroxyl groups is 2. The molecule has 58 heavy (non-hydrogen) atoms. The highest BCUT2D eigenvalue weighted by Gasteiger charge is 2.50. The molecule has 0 saturated carbocycles. The summed E-state index contributed by atoms with van der Waals surface area (Å²) >= 11 is 0. The molecule has 318 valence electrons. The molecule has 1 fully saturated rings. The van der Waals surface area contributed by atoms with Gasteiger partial charge in [0.2, 0.25) is 0 Å². The Kier molecular flexibility index (Phi) is 13.5. The number of piperazine rings is 1. The minimum atomic E-state index is -2.01. The van der Waals surface area contributed by atoms with Crippen molar-refractivity contribution in [2.45, 2.75) is 92.1 Å². The van der Waals surface area contributed by atoms with Gasteiger partial charge in [0.25, 0.3) is 11.7 Å². The molecule has 9 atom stereocenters. The van der Waals surface area contributed by atoms with Crippen molar-refractivity contribution in [3.63, 3.8) is 0 Å². The molecule has 2 aromatic carbocycles. The summed E-state index contributed by atoms with van der Waals surface area (Å²) in [5, 5.41) is 60.9. The van der Waals surface area contributed by atoms with Crippen LogP contribution in [0.3, 0.4) is 0 Å². The zero-order chi connectivity index (χ0) is 43.0. The number of allylic oxidation sites excluding steroid dienone is 2. The lowest BCUT2D eigenvalue weighted by Gasteiger charge is -2.38. The molecule has 6 N–H and O–H groups in total. The number of hydrogen-bond acceptors (Lipinski definition) is 14. The number of nitrogens with one attached hydrogen (secondary N) is 1. The van der Waals surface area contributed by atoms with Crippen LogP contribution in [0, 0.1) is 30.6 Å². The number of esters is 1.